The van der Waals surface area contributed by atoms with E-state index in [1.54, 1.807) is 47.0 Å². The maximum atomic E-state index is 7.49. The lowest BCUT2D eigenvalue weighted by atomic mass is 10.1. The molecule has 0 spiro atoms. The van der Waals surface area contributed by atoms with Gasteiger partial charge in [-0.15, -0.1) is 0 Å². The van der Waals surface area contributed by atoms with Crippen molar-refractivity contribution >= 4 is 93.9 Å². The van der Waals surface area contributed by atoms with Gasteiger partial charge in [0.25, 0.3) is 0 Å². The normalized spacial score (nSPS) is 24.3. The molecule has 5 rings (SSSR count). The molecule has 0 saturated carbocycles. The van der Waals surface area contributed by atoms with Crippen LogP contribution in [-0.2, 0) is 18.0 Å². The number of anilines is 1. The highest BCUT2D eigenvalue weighted by Crippen LogP contribution is 2.56. The summed E-state index contributed by atoms with van der Waals surface area (Å²) in [5, 5.41) is 6.40. The average Bonchev–Trinajstić information content (AvgIpc) is 3.77. The molecule has 2 N–H and O–H groups in total. The molecule has 2 aromatic heterocycles. The number of ether oxygens (including phenoxy) is 1. The van der Waals surface area contributed by atoms with Crippen molar-refractivity contribution in [1.82, 2.24) is 19.5 Å². The standard InChI is InChI=1S/C34H57N5O4S4Si3/c1-32(2,3)48(10,11)40-18-21-24(42-49(12,13)33(4,5)6)25(43-50(14,15)34(7,8)9)29(41-21)39-27(38-23-26(35)36-20-37-28(23)39)22-19-46-31(47-22)30-44-16-17-45-30/h16-17,19-21,24-25,29H,18H2,1-15H3,(H2,35,36,37)/t21-,24-,25-,29?/m1/s1. The van der Waals surface area contributed by atoms with Crippen LogP contribution in [0, 0.1) is 0 Å². The molecule has 0 aliphatic carbocycles. The molecule has 5 heterocycles. The van der Waals surface area contributed by atoms with Crippen molar-refractivity contribution in [3.8, 4) is 0 Å². The Balaban J connectivity index is 1.68. The monoisotopic (exact) mass is 811 g/mol. The Kier molecular flexibility index (Phi) is 11.6. The van der Waals surface area contributed by atoms with Crippen molar-refractivity contribution < 1.29 is 18.0 Å². The highest BCUT2D eigenvalue weighted by Gasteiger charge is 2.56. The van der Waals surface area contributed by atoms with Crippen LogP contribution in [0.2, 0.25) is 54.4 Å². The number of imidazole rings is 1. The second-order valence-corrected chi connectivity index (χ2v) is 36.4. The van der Waals surface area contributed by atoms with Gasteiger partial charge in [-0.3, -0.25) is 4.57 Å². The Hall–Kier alpha value is -0.539. The Morgan fingerprint density at radius 2 is 1.34 bits per heavy atom. The van der Waals surface area contributed by atoms with Crippen LogP contribution in [0.15, 0.2) is 31.0 Å². The number of nitrogens with zero attached hydrogens (tertiary/aromatic N) is 4. The fraction of sp³-hybridized carbons (Fsp3) is 0.676. The molecule has 16 heteroatoms. The second-order valence-electron chi connectivity index (χ2n) is 17.8. The SMILES string of the molecule is CC(C)(C)[Si](C)(C)OC[C@H]1OC(n2c(C3=CSC(=C4SC=CS4)S3)nc3c(N)ncnc32)[C@H](O[Si](C)(C)C(C)(C)C)[C@@H]1O[Si](C)(C)C(C)(C)C. The van der Waals surface area contributed by atoms with Gasteiger partial charge in [-0.05, 0) is 70.6 Å². The third-order valence-corrected chi connectivity index (χ3v) is 29.7. The largest absolute Gasteiger partial charge is 0.414 e. The van der Waals surface area contributed by atoms with Gasteiger partial charge in [-0.1, -0.05) is 109 Å². The second kappa shape index (κ2) is 14.3. The molecule has 2 aromatic rings. The number of rotatable bonds is 9. The Labute approximate surface area is 319 Å². The van der Waals surface area contributed by atoms with Crippen LogP contribution in [-0.4, -0.2) is 69.4 Å². The van der Waals surface area contributed by atoms with Crippen LogP contribution < -0.4 is 5.73 Å². The van der Waals surface area contributed by atoms with E-state index in [9.17, 15) is 0 Å². The third kappa shape index (κ3) is 8.10. The summed E-state index contributed by atoms with van der Waals surface area (Å²) < 4.78 is 33.7. The first-order chi connectivity index (χ1) is 22.8. The molecule has 9 nitrogen and oxygen atoms in total. The fourth-order valence-electron chi connectivity index (χ4n) is 4.95. The quantitative estimate of drug-likeness (QED) is 0.244. The summed E-state index contributed by atoms with van der Waals surface area (Å²) in [5.74, 6) is 1.08. The molecule has 0 aromatic carbocycles. The summed E-state index contributed by atoms with van der Waals surface area (Å²) in [4.78, 5) is 15.3. The number of thioether (sulfide) groups is 4. The number of aromatic nitrogens is 4. The average molecular weight is 812 g/mol. The van der Waals surface area contributed by atoms with Crippen molar-refractivity contribution in [3.05, 3.63) is 36.9 Å². The summed E-state index contributed by atoms with van der Waals surface area (Å²) >= 11 is 6.96. The number of hydrogen-bond acceptors (Lipinski definition) is 12. The molecule has 1 fully saturated rings. The summed E-state index contributed by atoms with van der Waals surface area (Å²) in [5.41, 5.74) is 7.67. The first-order valence-corrected chi connectivity index (χ1v) is 29.4. The van der Waals surface area contributed by atoms with Gasteiger partial charge < -0.3 is 23.7 Å². The lowest BCUT2D eigenvalue weighted by Crippen LogP contribution is -2.54. The summed E-state index contributed by atoms with van der Waals surface area (Å²) in [6.45, 7) is 34.7. The Bertz CT molecular complexity index is 1680. The van der Waals surface area contributed by atoms with Gasteiger partial charge in [0.1, 0.15) is 24.6 Å². The van der Waals surface area contributed by atoms with Gasteiger partial charge in [0, 0.05) is 0 Å². The minimum Gasteiger partial charge on any atom is -0.414 e. The highest BCUT2D eigenvalue weighted by molar-refractivity contribution is 8.35. The van der Waals surface area contributed by atoms with Gasteiger partial charge in [-0.25, -0.2) is 15.0 Å². The first kappa shape index (κ1) is 40.6. The Morgan fingerprint density at radius 1 is 0.780 bits per heavy atom. The number of nitrogens with two attached hydrogens (primary N) is 1. The van der Waals surface area contributed by atoms with Crippen LogP contribution >= 0.6 is 47.0 Å². The summed E-state index contributed by atoms with van der Waals surface area (Å²) in [6, 6.07) is 0. The topological polar surface area (TPSA) is 107 Å². The molecule has 1 saturated heterocycles. The van der Waals surface area contributed by atoms with E-state index in [4.69, 9.17) is 33.7 Å². The number of fused-ring (bicyclic) bond motifs is 1. The van der Waals surface area contributed by atoms with Crippen molar-refractivity contribution in [2.45, 2.75) is 141 Å². The molecule has 4 atom stereocenters. The van der Waals surface area contributed by atoms with E-state index in [1.165, 1.54) is 14.8 Å². The zero-order valence-corrected chi connectivity index (χ0v) is 38.7. The molecule has 0 radical (unpaired) electrons. The van der Waals surface area contributed by atoms with Gasteiger partial charge in [-0.2, -0.15) is 0 Å². The van der Waals surface area contributed by atoms with E-state index in [1.807, 2.05) is 0 Å². The molecule has 0 amide bonds. The van der Waals surface area contributed by atoms with Crippen molar-refractivity contribution in [2.75, 3.05) is 12.3 Å². The molecule has 3 aliphatic rings. The van der Waals surface area contributed by atoms with Gasteiger partial charge in [0.15, 0.2) is 54.0 Å². The maximum Gasteiger partial charge on any atom is 0.192 e. The van der Waals surface area contributed by atoms with Gasteiger partial charge >= 0.3 is 0 Å². The van der Waals surface area contributed by atoms with Crippen LogP contribution in [0.4, 0.5) is 5.82 Å². The minimum absolute atomic E-state index is 0.0243. The molecule has 0 bridgehead atoms. The molecule has 50 heavy (non-hydrogen) atoms. The van der Waals surface area contributed by atoms with Crippen molar-refractivity contribution in [3.63, 3.8) is 0 Å². The molecule has 1 unspecified atom stereocenters. The molecule has 3 aliphatic heterocycles. The van der Waals surface area contributed by atoms with Crippen LogP contribution in [0.25, 0.3) is 16.1 Å². The zero-order chi connectivity index (χ0) is 37.2. The van der Waals surface area contributed by atoms with E-state index >= 15 is 0 Å². The number of hydrogen-bond donors (Lipinski definition) is 1. The fourth-order valence-corrected chi connectivity index (χ4v) is 13.0. The molecular weight excluding hydrogens is 755 g/mol. The van der Waals surface area contributed by atoms with Crippen LogP contribution in [0.1, 0.15) is 74.4 Å². The molecular formula is C34H57N5O4S4Si3. The Morgan fingerprint density at radius 3 is 1.90 bits per heavy atom. The summed E-state index contributed by atoms with van der Waals surface area (Å²) in [7, 11) is -6.83. The van der Waals surface area contributed by atoms with Crippen LogP contribution in [0.3, 0.4) is 0 Å². The lowest BCUT2D eigenvalue weighted by molar-refractivity contribution is -0.0473. The number of nitrogen functional groups attached to an aromatic ring is 1. The molecule has 278 valence electrons. The van der Waals surface area contributed by atoms with Gasteiger partial charge in [0.2, 0.25) is 0 Å². The zero-order valence-electron chi connectivity index (χ0n) is 32.5. The van der Waals surface area contributed by atoms with E-state index in [0.29, 0.717) is 23.6 Å². The predicted molar refractivity (Wildman–Crippen MR) is 225 cm³/mol. The third-order valence-electron chi connectivity index (χ3n) is 11.2. The van der Waals surface area contributed by atoms with Crippen molar-refractivity contribution in [1.29, 1.82) is 0 Å². The first-order valence-electron chi connectivity index (χ1n) is 17.3. The van der Waals surface area contributed by atoms with E-state index < -0.39 is 37.3 Å². The van der Waals surface area contributed by atoms with Gasteiger partial charge in [0.05, 0.1) is 20.0 Å². The van der Waals surface area contributed by atoms with E-state index in [0.717, 1.165) is 10.7 Å². The smallest absolute Gasteiger partial charge is 0.192 e. The van der Waals surface area contributed by atoms with Crippen LogP contribution in [0.5, 0.6) is 0 Å². The highest BCUT2D eigenvalue weighted by atomic mass is 32.2. The van der Waals surface area contributed by atoms with E-state index in [2.05, 4.69) is 127 Å². The van der Waals surface area contributed by atoms with E-state index in [-0.39, 0.29) is 27.3 Å². The van der Waals surface area contributed by atoms with Crippen molar-refractivity contribution in [2.24, 2.45) is 0 Å². The predicted octanol–water partition coefficient (Wildman–Crippen LogP) is 11.0. The lowest BCUT2D eigenvalue weighted by Gasteiger charge is -2.44. The minimum atomic E-state index is -2.37. The maximum absolute atomic E-state index is 7.49. The summed E-state index contributed by atoms with van der Waals surface area (Å²) in [6.07, 6.45) is -0.291.